The van der Waals surface area contributed by atoms with Crippen LogP contribution in [0, 0.1) is 6.92 Å². The summed E-state index contributed by atoms with van der Waals surface area (Å²) < 4.78 is 2.03. The van der Waals surface area contributed by atoms with Crippen LogP contribution in [0.15, 0.2) is 55.2 Å². The Morgan fingerprint density at radius 3 is 2.76 bits per heavy atom. The lowest BCUT2D eigenvalue weighted by molar-refractivity contribution is 0.927. The lowest BCUT2D eigenvalue weighted by Gasteiger charge is -2.18. The number of nitrogens with zero attached hydrogens (tertiary/aromatic N) is 6. The predicted molar refractivity (Wildman–Crippen MR) is 114 cm³/mol. The highest BCUT2D eigenvalue weighted by Gasteiger charge is 2.14. The molecular weight excluding hydrogens is 362 g/mol. The van der Waals surface area contributed by atoms with Crippen LogP contribution in [0.1, 0.15) is 24.0 Å². The minimum absolute atomic E-state index is 0.669. The van der Waals surface area contributed by atoms with E-state index in [4.69, 9.17) is 0 Å². The van der Waals surface area contributed by atoms with Crippen molar-refractivity contribution in [2.75, 3.05) is 23.3 Å². The van der Waals surface area contributed by atoms with Crippen LogP contribution in [0.25, 0.3) is 17.0 Å². The van der Waals surface area contributed by atoms with Crippen LogP contribution in [-0.2, 0) is 6.54 Å². The first-order chi connectivity index (χ1) is 14.3. The second kappa shape index (κ2) is 7.50. The van der Waals surface area contributed by atoms with E-state index in [1.54, 1.807) is 6.33 Å². The summed E-state index contributed by atoms with van der Waals surface area (Å²) in [7, 11) is 0. The van der Waals surface area contributed by atoms with E-state index in [2.05, 4.69) is 43.1 Å². The third-order valence-corrected chi connectivity index (χ3v) is 5.44. The molecule has 0 amide bonds. The highest BCUT2D eigenvalue weighted by atomic mass is 15.2. The van der Waals surface area contributed by atoms with E-state index >= 15 is 0 Å². The predicted octanol–water partition coefficient (Wildman–Crippen LogP) is 3.71. The molecule has 7 nitrogen and oxygen atoms in total. The molecule has 1 aliphatic heterocycles. The number of anilines is 2. The number of aryl methyl sites for hydroxylation is 1. The van der Waals surface area contributed by atoms with Gasteiger partial charge in [-0.1, -0.05) is 6.07 Å². The summed E-state index contributed by atoms with van der Waals surface area (Å²) in [6, 6.07) is 10.1. The average molecular weight is 385 g/mol. The quantitative estimate of drug-likeness (QED) is 0.565. The first-order valence-electron chi connectivity index (χ1n) is 9.97. The molecule has 1 N–H and O–H groups in total. The smallest absolute Gasteiger partial charge is 0.137 e. The first-order valence-corrected chi connectivity index (χ1v) is 9.97. The lowest BCUT2D eigenvalue weighted by atomic mass is 10.1. The summed E-state index contributed by atoms with van der Waals surface area (Å²) in [4.78, 5) is 20.3. The monoisotopic (exact) mass is 385 g/mol. The Balaban J connectivity index is 1.33. The largest absolute Gasteiger partial charge is 0.366 e. The molecule has 7 heteroatoms. The molecule has 0 unspecified atom stereocenters. The van der Waals surface area contributed by atoms with Crippen molar-refractivity contribution in [3.63, 3.8) is 0 Å². The van der Waals surface area contributed by atoms with E-state index < -0.39 is 0 Å². The summed E-state index contributed by atoms with van der Waals surface area (Å²) in [5, 5.41) is 3.41. The Morgan fingerprint density at radius 2 is 1.90 bits per heavy atom. The van der Waals surface area contributed by atoms with Crippen LogP contribution in [0.3, 0.4) is 0 Å². The maximum Gasteiger partial charge on any atom is 0.137 e. The van der Waals surface area contributed by atoms with Gasteiger partial charge in [0.15, 0.2) is 0 Å². The Morgan fingerprint density at radius 1 is 1.00 bits per heavy atom. The number of imidazole rings is 1. The standard InChI is InChI=1S/C22H23N7/c1-16-10-22(28-7-4-5-8-28)24-13-17(16)12-23-20-11-18(26-15-27-20)19-14-25-21-6-2-3-9-29(19)21/h2-3,6,9-11,13-15H,4-5,7-8,12H2,1H3,(H,23,26,27). The second-order valence-electron chi connectivity index (χ2n) is 7.38. The first kappa shape index (κ1) is 17.6. The van der Waals surface area contributed by atoms with Gasteiger partial charge in [0.25, 0.3) is 0 Å². The molecule has 0 aromatic carbocycles. The summed E-state index contributed by atoms with van der Waals surface area (Å²) in [6.45, 7) is 5.03. The number of hydrogen-bond acceptors (Lipinski definition) is 6. The Hall–Kier alpha value is -3.48. The minimum Gasteiger partial charge on any atom is -0.366 e. The normalized spacial score (nSPS) is 13.9. The number of nitrogens with one attached hydrogen (secondary N) is 1. The van der Waals surface area contributed by atoms with Crippen LogP contribution in [0.5, 0.6) is 0 Å². The Kier molecular flexibility index (Phi) is 4.56. The van der Waals surface area contributed by atoms with Crippen molar-refractivity contribution in [2.45, 2.75) is 26.3 Å². The van der Waals surface area contributed by atoms with E-state index in [1.807, 2.05) is 47.3 Å². The van der Waals surface area contributed by atoms with Gasteiger partial charge in [-0.05, 0) is 49.1 Å². The molecule has 146 valence electrons. The second-order valence-corrected chi connectivity index (χ2v) is 7.38. The van der Waals surface area contributed by atoms with Crippen molar-refractivity contribution in [1.29, 1.82) is 0 Å². The van der Waals surface area contributed by atoms with Crippen molar-refractivity contribution in [3.8, 4) is 11.4 Å². The molecule has 4 aromatic heterocycles. The number of rotatable bonds is 5. The SMILES string of the molecule is Cc1cc(N2CCCC2)ncc1CNc1cc(-c2cnc3ccccn23)ncn1. The van der Waals surface area contributed by atoms with Crippen LogP contribution in [0.4, 0.5) is 11.6 Å². The molecule has 4 aromatic rings. The number of aromatic nitrogens is 5. The van der Waals surface area contributed by atoms with E-state index in [0.29, 0.717) is 6.54 Å². The Bertz CT molecular complexity index is 1140. The van der Waals surface area contributed by atoms with Crippen molar-refractivity contribution in [2.24, 2.45) is 0 Å². The highest BCUT2D eigenvalue weighted by molar-refractivity contribution is 5.62. The van der Waals surface area contributed by atoms with Gasteiger partial charge < -0.3 is 10.2 Å². The fraction of sp³-hybridized carbons (Fsp3) is 0.273. The van der Waals surface area contributed by atoms with Crippen LogP contribution in [-0.4, -0.2) is 37.4 Å². The molecule has 5 rings (SSSR count). The van der Waals surface area contributed by atoms with Gasteiger partial charge in [-0.15, -0.1) is 0 Å². The number of fused-ring (bicyclic) bond motifs is 1. The van der Waals surface area contributed by atoms with Crippen molar-refractivity contribution < 1.29 is 0 Å². The Labute approximate surface area is 169 Å². The van der Waals surface area contributed by atoms with Gasteiger partial charge in [0.1, 0.15) is 23.6 Å². The third-order valence-electron chi connectivity index (χ3n) is 5.44. The van der Waals surface area contributed by atoms with Crippen LogP contribution in [0.2, 0.25) is 0 Å². The van der Waals surface area contributed by atoms with Crippen molar-refractivity contribution >= 4 is 17.3 Å². The summed E-state index contributed by atoms with van der Waals surface area (Å²) in [6.07, 6.45) is 9.90. The van der Waals surface area contributed by atoms with Gasteiger partial charge in [-0.3, -0.25) is 4.40 Å². The maximum atomic E-state index is 4.67. The zero-order chi connectivity index (χ0) is 19.6. The average Bonchev–Trinajstić information content (AvgIpc) is 3.43. The molecule has 0 radical (unpaired) electrons. The van der Waals surface area contributed by atoms with Gasteiger partial charge in [-0.25, -0.2) is 19.9 Å². The van der Waals surface area contributed by atoms with Crippen molar-refractivity contribution in [1.82, 2.24) is 24.3 Å². The lowest BCUT2D eigenvalue weighted by Crippen LogP contribution is -2.19. The molecule has 0 atom stereocenters. The summed E-state index contributed by atoms with van der Waals surface area (Å²) >= 11 is 0. The number of hydrogen-bond donors (Lipinski definition) is 1. The van der Waals surface area contributed by atoms with Crippen LogP contribution < -0.4 is 10.2 Å². The van der Waals surface area contributed by atoms with Crippen LogP contribution >= 0.6 is 0 Å². The zero-order valence-electron chi connectivity index (χ0n) is 16.4. The molecule has 0 bridgehead atoms. The number of pyridine rings is 2. The van der Waals surface area contributed by atoms with Gasteiger partial charge in [0, 0.05) is 38.1 Å². The summed E-state index contributed by atoms with van der Waals surface area (Å²) in [5.74, 6) is 1.87. The molecule has 0 spiro atoms. The van der Waals surface area contributed by atoms with Gasteiger partial charge in [0.2, 0.25) is 0 Å². The molecule has 1 fully saturated rings. The van der Waals surface area contributed by atoms with E-state index in [-0.39, 0.29) is 0 Å². The fourth-order valence-electron chi connectivity index (χ4n) is 3.78. The molecule has 29 heavy (non-hydrogen) atoms. The maximum absolute atomic E-state index is 4.67. The van der Waals surface area contributed by atoms with E-state index in [9.17, 15) is 0 Å². The molecule has 5 heterocycles. The molecule has 0 saturated carbocycles. The molecule has 1 aliphatic rings. The zero-order valence-corrected chi connectivity index (χ0v) is 16.4. The van der Waals surface area contributed by atoms with Gasteiger partial charge in [-0.2, -0.15) is 0 Å². The topological polar surface area (TPSA) is 71.2 Å². The minimum atomic E-state index is 0.669. The third kappa shape index (κ3) is 3.51. The molecular formula is C22H23N7. The fourth-order valence-corrected chi connectivity index (χ4v) is 3.78. The highest BCUT2D eigenvalue weighted by Crippen LogP contribution is 2.22. The van der Waals surface area contributed by atoms with E-state index in [0.717, 1.165) is 41.8 Å². The van der Waals surface area contributed by atoms with Gasteiger partial charge in [0.05, 0.1) is 17.6 Å². The van der Waals surface area contributed by atoms with Gasteiger partial charge >= 0.3 is 0 Å². The molecule has 0 aliphatic carbocycles. The van der Waals surface area contributed by atoms with Crippen molar-refractivity contribution in [3.05, 3.63) is 66.4 Å². The molecule has 1 saturated heterocycles. The summed E-state index contributed by atoms with van der Waals surface area (Å²) in [5.41, 5.74) is 5.09. The van der Waals surface area contributed by atoms with E-state index in [1.165, 1.54) is 24.0 Å².